The molecule has 17 heavy (non-hydrogen) atoms. The number of rotatable bonds is 2. The number of hydrogen-bond donors (Lipinski definition) is 0. The van der Waals surface area contributed by atoms with Crippen LogP contribution in [0.15, 0.2) is 0 Å². The number of ether oxygens (including phenoxy) is 2. The molecule has 0 unspecified atom stereocenters. The van der Waals surface area contributed by atoms with Gasteiger partial charge in [0.05, 0.1) is 0 Å². The first kappa shape index (κ1) is 12.4. The molecule has 96 valence electrons. The van der Waals surface area contributed by atoms with Gasteiger partial charge in [0.1, 0.15) is 0 Å². The fourth-order valence-electron chi connectivity index (χ4n) is 3.13. The topological polar surface area (TPSA) is 52.6 Å². The van der Waals surface area contributed by atoms with Crippen LogP contribution in [0, 0.1) is 0 Å². The van der Waals surface area contributed by atoms with Gasteiger partial charge in [-0.25, -0.2) is 0 Å². The second-order valence-electron chi connectivity index (χ2n) is 5.27. The van der Waals surface area contributed by atoms with Crippen molar-refractivity contribution in [3.63, 3.8) is 0 Å². The van der Waals surface area contributed by atoms with E-state index in [4.69, 9.17) is 9.47 Å². The van der Waals surface area contributed by atoms with Crippen LogP contribution in [0.1, 0.15) is 58.8 Å². The minimum Gasteiger partial charge on any atom is -0.455 e. The van der Waals surface area contributed by atoms with Gasteiger partial charge in [0, 0.05) is 20.3 Å². The van der Waals surface area contributed by atoms with Gasteiger partial charge in [-0.15, -0.1) is 0 Å². The van der Waals surface area contributed by atoms with Crippen LogP contribution in [0.2, 0.25) is 0 Å². The number of carbonyl (C=O) groups is 2. The minimum absolute atomic E-state index is 0.278. The summed E-state index contributed by atoms with van der Waals surface area (Å²) in [5.41, 5.74) is -1.05. The van der Waals surface area contributed by atoms with E-state index in [1.54, 1.807) is 0 Å². The Labute approximate surface area is 102 Å². The highest BCUT2D eigenvalue weighted by Gasteiger charge is 2.72. The van der Waals surface area contributed by atoms with E-state index in [0.717, 1.165) is 25.7 Å². The van der Waals surface area contributed by atoms with E-state index in [2.05, 4.69) is 0 Å². The molecule has 0 radical (unpaired) electrons. The van der Waals surface area contributed by atoms with E-state index in [0.29, 0.717) is 6.42 Å². The molecule has 0 aromatic heterocycles. The molecule has 4 heteroatoms. The Morgan fingerprint density at radius 3 is 1.59 bits per heavy atom. The van der Waals surface area contributed by atoms with Crippen LogP contribution in [-0.2, 0) is 19.1 Å². The lowest BCUT2D eigenvalue weighted by atomic mass is 9.96. The molecule has 2 aliphatic carbocycles. The molecule has 0 bridgehead atoms. The number of carbonyl (C=O) groups excluding carboxylic acids is 2. The van der Waals surface area contributed by atoms with E-state index in [9.17, 15) is 9.59 Å². The Morgan fingerprint density at radius 2 is 1.24 bits per heavy atom. The van der Waals surface area contributed by atoms with E-state index in [1.807, 2.05) is 0 Å². The normalized spacial score (nSPS) is 36.1. The first-order valence-corrected chi connectivity index (χ1v) is 6.39. The molecule has 2 saturated carbocycles. The van der Waals surface area contributed by atoms with Gasteiger partial charge in [0.15, 0.2) is 11.2 Å². The Bertz CT molecular complexity index is 306. The van der Waals surface area contributed by atoms with Gasteiger partial charge in [0.25, 0.3) is 0 Å². The zero-order valence-corrected chi connectivity index (χ0v) is 10.6. The van der Waals surface area contributed by atoms with Crippen LogP contribution in [0.4, 0.5) is 0 Å². The highest BCUT2D eigenvalue weighted by atomic mass is 16.6. The summed E-state index contributed by atoms with van der Waals surface area (Å²) in [5.74, 6) is -0.556. The summed E-state index contributed by atoms with van der Waals surface area (Å²) in [7, 11) is 0. The summed E-state index contributed by atoms with van der Waals surface area (Å²) in [5, 5.41) is 0. The third kappa shape index (κ3) is 2.31. The molecule has 2 aliphatic rings. The molecule has 0 aromatic carbocycles. The van der Waals surface area contributed by atoms with Crippen LogP contribution in [0.25, 0.3) is 0 Å². The first-order chi connectivity index (χ1) is 8.00. The van der Waals surface area contributed by atoms with Crippen molar-refractivity contribution in [1.29, 1.82) is 0 Å². The Morgan fingerprint density at radius 1 is 0.824 bits per heavy atom. The Kier molecular flexibility index (Phi) is 3.15. The monoisotopic (exact) mass is 240 g/mol. The van der Waals surface area contributed by atoms with Crippen molar-refractivity contribution in [2.75, 3.05) is 0 Å². The van der Waals surface area contributed by atoms with Crippen molar-refractivity contribution in [3.05, 3.63) is 0 Å². The van der Waals surface area contributed by atoms with Crippen molar-refractivity contribution >= 4 is 11.9 Å². The highest BCUT2D eigenvalue weighted by Crippen LogP contribution is 2.60. The maximum Gasteiger partial charge on any atom is 0.303 e. The maximum atomic E-state index is 11.2. The molecule has 0 aromatic rings. The molecular weight excluding hydrogens is 220 g/mol. The predicted octanol–water partition coefficient (Wildman–Crippen LogP) is 2.35. The molecule has 4 nitrogen and oxygen atoms in total. The van der Waals surface area contributed by atoms with Crippen molar-refractivity contribution in [1.82, 2.24) is 0 Å². The van der Waals surface area contributed by atoms with Gasteiger partial charge in [-0.2, -0.15) is 0 Å². The maximum absolute atomic E-state index is 11.2. The quantitative estimate of drug-likeness (QED) is 0.695. The third-order valence-electron chi connectivity index (χ3n) is 3.87. The Hall–Kier alpha value is -1.06. The van der Waals surface area contributed by atoms with Gasteiger partial charge in [-0.3, -0.25) is 9.59 Å². The highest BCUT2D eigenvalue weighted by molar-refractivity contribution is 5.69. The molecular formula is C13H20O4. The summed E-state index contributed by atoms with van der Waals surface area (Å²) >= 11 is 0. The summed E-state index contributed by atoms with van der Waals surface area (Å²) in [6.45, 7) is 2.84. The largest absolute Gasteiger partial charge is 0.455 e. The number of hydrogen-bond acceptors (Lipinski definition) is 4. The zero-order chi connectivity index (χ0) is 12.5. The molecule has 0 saturated heterocycles. The SMILES string of the molecule is CC(=O)O[C@@]12CCCCCC[C@]1(OC(C)=O)C2. The van der Waals surface area contributed by atoms with Crippen LogP contribution < -0.4 is 0 Å². The predicted molar refractivity (Wildman–Crippen MR) is 61.3 cm³/mol. The van der Waals surface area contributed by atoms with Crippen molar-refractivity contribution in [2.45, 2.75) is 70.0 Å². The van der Waals surface area contributed by atoms with Crippen LogP contribution >= 0.6 is 0 Å². The van der Waals surface area contributed by atoms with Gasteiger partial charge in [-0.1, -0.05) is 12.8 Å². The lowest BCUT2D eigenvalue weighted by molar-refractivity contribution is -0.167. The number of fused-ring (bicyclic) bond motifs is 1. The van der Waals surface area contributed by atoms with E-state index >= 15 is 0 Å². The van der Waals surface area contributed by atoms with Gasteiger partial charge in [-0.05, 0) is 25.7 Å². The molecule has 0 aliphatic heterocycles. The minimum atomic E-state index is -0.523. The van der Waals surface area contributed by atoms with Gasteiger partial charge >= 0.3 is 11.9 Å². The van der Waals surface area contributed by atoms with Crippen molar-refractivity contribution < 1.29 is 19.1 Å². The van der Waals surface area contributed by atoms with Crippen molar-refractivity contribution in [3.8, 4) is 0 Å². The first-order valence-electron chi connectivity index (χ1n) is 6.39. The summed E-state index contributed by atoms with van der Waals surface area (Å²) in [6, 6.07) is 0. The summed E-state index contributed by atoms with van der Waals surface area (Å²) in [6.07, 6.45) is 6.73. The molecule has 0 amide bonds. The van der Waals surface area contributed by atoms with E-state index in [-0.39, 0.29) is 11.9 Å². The van der Waals surface area contributed by atoms with Crippen LogP contribution in [0.3, 0.4) is 0 Å². The zero-order valence-electron chi connectivity index (χ0n) is 10.6. The van der Waals surface area contributed by atoms with E-state index < -0.39 is 11.2 Å². The van der Waals surface area contributed by atoms with Crippen LogP contribution in [-0.4, -0.2) is 23.1 Å². The Balaban J connectivity index is 2.15. The average molecular weight is 240 g/mol. The molecule has 0 heterocycles. The van der Waals surface area contributed by atoms with E-state index in [1.165, 1.54) is 26.7 Å². The fraction of sp³-hybridized carbons (Fsp3) is 0.846. The lowest BCUT2D eigenvalue weighted by Crippen LogP contribution is -2.35. The average Bonchev–Trinajstić information content (AvgIpc) is 2.71. The lowest BCUT2D eigenvalue weighted by Gasteiger charge is -2.27. The van der Waals surface area contributed by atoms with Crippen LogP contribution in [0.5, 0.6) is 0 Å². The summed E-state index contributed by atoms with van der Waals surface area (Å²) < 4.78 is 11.0. The second-order valence-corrected chi connectivity index (χ2v) is 5.27. The van der Waals surface area contributed by atoms with Gasteiger partial charge < -0.3 is 9.47 Å². The molecule has 0 spiro atoms. The number of esters is 2. The molecule has 0 N–H and O–H groups in total. The molecule has 2 rings (SSSR count). The standard InChI is InChI=1S/C13H20O4/c1-10(14)16-12-7-5-3-4-6-8-13(12,9-12)17-11(2)15/h3-9H2,1-2H3/t12-,13+. The fourth-order valence-corrected chi connectivity index (χ4v) is 3.13. The second kappa shape index (κ2) is 4.31. The molecule has 2 fully saturated rings. The summed E-state index contributed by atoms with van der Waals surface area (Å²) in [4.78, 5) is 22.4. The van der Waals surface area contributed by atoms with Crippen molar-refractivity contribution in [2.24, 2.45) is 0 Å². The molecule has 2 atom stereocenters. The smallest absolute Gasteiger partial charge is 0.303 e. The van der Waals surface area contributed by atoms with Gasteiger partial charge in [0.2, 0.25) is 0 Å². The third-order valence-corrected chi connectivity index (χ3v) is 3.87.